The van der Waals surface area contributed by atoms with Gasteiger partial charge in [0.2, 0.25) is 0 Å². The topological polar surface area (TPSA) is 17.8 Å². The van der Waals surface area contributed by atoms with Crippen molar-refractivity contribution in [3.8, 4) is 11.4 Å². The van der Waals surface area contributed by atoms with Gasteiger partial charge in [0.05, 0.1) is 11.0 Å². The van der Waals surface area contributed by atoms with E-state index >= 15 is 0 Å². The Morgan fingerprint density at radius 2 is 1.57 bits per heavy atom. The zero-order chi connectivity index (χ0) is 19.9. The van der Waals surface area contributed by atoms with Gasteiger partial charge in [-0.25, -0.2) is 4.98 Å². The van der Waals surface area contributed by atoms with Gasteiger partial charge in [-0.15, -0.1) is 0 Å². The molecular weight excluding hydrogens is 340 g/mol. The van der Waals surface area contributed by atoms with Crippen LogP contribution in [-0.4, -0.2) is 9.55 Å². The molecule has 0 saturated carbocycles. The van der Waals surface area contributed by atoms with Gasteiger partial charge in [0.25, 0.3) is 0 Å². The van der Waals surface area contributed by atoms with E-state index in [1.54, 1.807) is 0 Å². The SMILES string of the molecule is Cc1ccc(Cn2c(-c3ccc(C(C)(C)C)cc3)nc3ccccc32)c(C)c1. The second kappa shape index (κ2) is 6.94. The fourth-order valence-electron chi connectivity index (χ4n) is 3.77. The van der Waals surface area contributed by atoms with E-state index in [0.29, 0.717) is 0 Å². The number of fused-ring (bicyclic) bond motifs is 1. The molecule has 1 heterocycles. The van der Waals surface area contributed by atoms with Gasteiger partial charge in [0.1, 0.15) is 5.82 Å². The van der Waals surface area contributed by atoms with Crippen LogP contribution in [0.2, 0.25) is 0 Å². The average Bonchev–Trinajstić information content (AvgIpc) is 3.02. The number of hydrogen-bond donors (Lipinski definition) is 0. The van der Waals surface area contributed by atoms with Crippen LogP contribution in [-0.2, 0) is 12.0 Å². The maximum Gasteiger partial charge on any atom is 0.141 e. The molecule has 1 aromatic heterocycles. The molecule has 0 saturated heterocycles. The molecule has 2 nitrogen and oxygen atoms in total. The van der Waals surface area contributed by atoms with Crippen LogP contribution >= 0.6 is 0 Å². The number of rotatable bonds is 3. The summed E-state index contributed by atoms with van der Waals surface area (Å²) in [5, 5.41) is 0. The van der Waals surface area contributed by atoms with Crippen molar-refractivity contribution >= 4 is 11.0 Å². The lowest BCUT2D eigenvalue weighted by molar-refractivity contribution is 0.590. The zero-order valence-corrected chi connectivity index (χ0v) is 17.5. The first-order valence-electron chi connectivity index (χ1n) is 9.95. The third-order valence-electron chi connectivity index (χ3n) is 5.49. The minimum Gasteiger partial charge on any atom is -0.319 e. The predicted molar refractivity (Wildman–Crippen MR) is 119 cm³/mol. The maximum absolute atomic E-state index is 4.98. The Labute approximate surface area is 167 Å². The number of para-hydroxylation sites is 2. The molecule has 4 aromatic rings. The van der Waals surface area contributed by atoms with Crippen molar-refractivity contribution in [1.29, 1.82) is 0 Å². The molecule has 0 amide bonds. The van der Waals surface area contributed by atoms with Crippen LogP contribution in [0.15, 0.2) is 66.7 Å². The smallest absolute Gasteiger partial charge is 0.141 e. The number of hydrogen-bond acceptors (Lipinski definition) is 1. The quantitative estimate of drug-likeness (QED) is 0.395. The minimum atomic E-state index is 0.150. The van der Waals surface area contributed by atoms with Crippen LogP contribution in [0, 0.1) is 13.8 Å². The van der Waals surface area contributed by atoms with Crippen LogP contribution in [0.3, 0.4) is 0 Å². The fourth-order valence-corrected chi connectivity index (χ4v) is 3.77. The largest absolute Gasteiger partial charge is 0.319 e. The third-order valence-corrected chi connectivity index (χ3v) is 5.49. The molecule has 0 fully saturated rings. The van der Waals surface area contributed by atoms with Gasteiger partial charge in [0.15, 0.2) is 0 Å². The molecule has 0 spiro atoms. The van der Waals surface area contributed by atoms with Crippen LogP contribution in [0.25, 0.3) is 22.4 Å². The molecule has 0 bridgehead atoms. The normalized spacial score (nSPS) is 11.9. The van der Waals surface area contributed by atoms with Gasteiger partial charge in [-0.3, -0.25) is 0 Å². The molecule has 142 valence electrons. The lowest BCUT2D eigenvalue weighted by Gasteiger charge is -2.19. The number of nitrogens with zero attached hydrogens (tertiary/aromatic N) is 2. The van der Waals surface area contributed by atoms with E-state index < -0.39 is 0 Å². The number of imidazole rings is 1. The first-order valence-corrected chi connectivity index (χ1v) is 9.95. The van der Waals surface area contributed by atoms with Crippen molar-refractivity contribution in [1.82, 2.24) is 9.55 Å². The molecule has 3 aromatic carbocycles. The average molecular weight is 369 g/mol. The second-order valence-electron chi connectivity index (χ2n) is 8.77. The van der Waals surface area contributed by atoms with E-state index in [9.17, 15) is 0 Å². The summed E-state index contributed by atoms with van der Waals surface area (Å²) >= 11 is 0. The third kappa shape index (κ3) is 3.47. The summed E-state index contributed by atoms with van der Waals surface area (Å²) in [6.07, 6.45) is 0. The van der Waals surface area contributed by atoms with Gasteiger partial charge >= 0.3 is 0 Å². The highest BCUT2D eigenvalue weighted by molar-refractivity contribution is 5.80. The molecule has 0 aliphatic carbocycles. The molecule has 4 rings (SSSR count). The van der Waals surface area contributed by atoms with Crippen LogP contribution < -0.4 is 0 Å². The molecule has 2 heteroatoms. The molecule has 0 aliphatic heterocycles. The van der Waals surface area contributed by atoms with Gasteiger partial charge in [0, 0.05) is 12.1 Å². The van der Waals surface area contributed by atoms with Gasteiger partial charge in [-0.1, -0.05) is 80.9 Å². The molecule has 0 radical (unpaired) electrons. The van der Waals surface area contributed by atoms with Crippen molar-refractivity contribution in [3.63, 3.8) is 0 Å². The Kier molecular flexibility index (Phi) is 4.58. The summed E-state index contributed by atoms with van der Waals surface area (Å²) in [5.74, 6) is 1.03. The lowest BCUT2D eigenvalue weighted by atomic mass is 9.86. The summed E-state index contributed by atoms with van der Waals surface area (Å²) in [6, 6.07) is 24.0. The van der Waals surface area contributed by atoms with E-state index in [-0.39, 0.29) is 5.41 Å². The van der Waals surface area contributed by atoms with E-state index in [2.05, 4.69) is 106 Å². The van der Waals surface area contributed by atoms with Gasteiger partial charge in [-0.2, -0.15) is 0 Å². The molecule has 0 aliphatic rings. The molecular formula is C26H28N2. The monoisotopic (exact) mass is 368 g/mol. The van der Waals surface area contributed by atoms with Crippen molar-refractivity contribution in [3.05, 3.63) is 89.0 Å². The number of benzene rings is 3. The summed E-state index contributed by atoms with van der Waals surface area (Å²) in [6.45, 7) is 11.9. The first kappa shape index (κ1) is 18.5. The summed E-state index contributed by atoms with van der Waals surface area (Å²) in [5.41, 5.74) is 8.84. The molecule has 0 unspecified atom stereocenters. The zero-order valence-electron chi connectivity index (χ0n) is 17.5. The van der Waals surface area contributed by atoms with E-state index in [0.717, 1.165) is 23.4 Å². The van der Waals surface area contributed by atoms with Crippen molar-refractivity contribution in [2.75, 3.05) is 0 Å². The number of aromatic nitrogens is 2. The van der Waals surface area contributed by atoms with Crippen LogP contribution in [0.1, 0.15) is 43.0 Å². The Balaban J connectivity index is 1.83. The number of aryl methyl sites for hydroxylation is 2. The predicted octanol–water partition coefficient (Wildman–Crippen LogP) is 6.67. The van der Waals surface area contributed by atoms with Gasteiger partial charge in [-0.05, 0) is 48.1 Å². The summed E-state index contributed by atoms with van der Waals surface area (Å²) in [7, 11) is 0. The van der Waals surface area contributed by atoms with Crippen molar-refractivity contribution in [2.45, 2.75) is 46.6 Å². The Hall–Kier alpha value is -2.87. The maximum atomic E-state index is 4.98. The lowest BCUT2D eigenvalue weighted by Crippen LogP contribution is -2.10. The Morgan fingerprint density at radius 1 is 0.857 bits per heavy atom. The fraction of sp³-hybridized carbons (Fsp3) is 0.269. The minimum absolute atomic E-state index is 0.150. The van der Waals surface area contributed by atoms with Gasteiger partial charge < -0.3 is 4.57 Å². The first-order chi connectivity index (χ1) is 13.3. The highest BCUT2D eigenvalue weighted by atomic mass is 15.1. The van der Waals surface area contributed by atoms with Crippen LogP contribution in [0.4, 0.5) is 0 Å². The highest BCUT2D eigenvalue weighted by Gasteiger charge is 2.16. The summed E-state index contributed by atoms with van der Waals surface area (Å²) < 4.78 is 2.35. The van der Waals surface area contributed by atoms with E-state index in [1.165, 1.54) is 27.8 Å². The molecule has 0 atom stereocenters. The summed E-state index contributed by atoms with van der Waals surface area (Å²) in [4.78, 5) is 4.98. The van der Waals surface area contributed by atoms with Crippen LogP contribution in [0.5, 0.6) is 0 Å². The Morgan fingerprint density at radius 3 is 2.25 bits per heavy atom. The standard InChI is InChI=1S/C26H28N2/c1-18-10-11-21(19(2)16-18)17-28-24-9-7-6-8-23(24)27-25(28)20-12-14-22(15-13-20)26(3,4)5/h6-16H,17H2,1-5H3. The molecule has 28 heavy (non-hydrogen) atoms. The second-order valence-corrected chi connectivity index (χ2v) is 8.77. The van der Waals surface area contributed by atoms with E-state index in [4.69, 9.17) is 4.98 Å². The Bertz CT molecular complexity index is 1130. The van der Waals surface area contributed by atoms with Crippen molar-refractivity contribution in [2.24, 2.45) is 0 Å². The highest BCUT2D eigenvalue weighted by Crippen LogP contribution is 2.29. The van der Waals surface area contributed by atoms with Crippen molar-refractivity contribution < 1.29 is 0 Å². The molecule has 0 N–H and O–H groups in total. The van der Waals surface area contributed by atoms with E-state index in [1.807, 2.05) is 0 Å².